The fourth-order valence-electron chi connectivity index (χ4n) is 3.83. The molecule has 0 amide bonds. The molecule has 0 spiro atoms. The maximum absolute atomic E-state index is 8.49. The number of hydrogen-bond acceptors (Lipinski definition) is 14. The molecule has 0 N–H and O–H groups in total. The van der Waals surface area contributed by atoms with Crippen molar-refractivity contribution in [2.75, 3.05) is 13.1 Å². The molecule has 0 aliphatic carbocycles. The third kappa shape index (κ3) is 22.0. The Morgan fingerprint density at radius 3 is 0.841 bits per heavy atom. The largest absolute Gasteiger partial charge is 2.00 e. The Balaban J connectivity index is 0.000000765. The topological polar surface area (TPSA) is 243 Å². The minimum Gasteiger partial charge on any atom is -0.292 e. The van der Waals surface area contributed by atoms with Crippen LogP contribution in [0.2, 0.25) is 0 Å². The first-order valence-corrected chi connectivity index (χ1v) is 15.1. The average molecular weight is 744 g/mol. The zero-order chi connectivity index (χ0) is 31.6. The van der Waals surface area contributed by atoms with Crippen LogP contribution in [-0.4, -0.2) is 42.8 Å². The Hall–Kier alpha value is -2.56. The van der Waals surface area contributed by atoms with Crippen molar-refractivity contribution in [1.82, 2.24) is 29.7 Å². The molecule has 0 radical (unpaired) electrons. The number of nitrogens with zero attached hydrogens (tertiary/aromatic N) is 6. The van der Waals surface area contributed by atoms with Gasteiger partial charge in [0.05, 0.1) is 22.8 Å². The van der Waals surface area contributed by atoms with E-state index in [4.69, 9.17) is 37.3 Å². The zero-order valence-corrected chi connectivity index (χ0v) is 26.3. The molecular weight excluding hydrogens is 714 g/mol. The van der Waals surface area contributed by atoms with Crippen LogP contribution in [-0.2, 0) is 46.6 Å². The monoisotopic (exact) mass is 742 g/mol. The van der Waals surface area contributed by atoms with Gasteiger partial charge in [0.1, 0.15) is 0 Å². The third-order valence-corrected chi connectivity index (χ3v) is 5.40. The summed E-state index contributed by atoms with van der Waals surface area (Å²) in [4.78, 5) is 22.9. The second kappa shape index (κ2) is 21.2. The van der Waals surface area contributed by atoms with E-state index in [-0.39, 0.29) is 20.4 Å². The van der Waals surface area contributed by atoms with Gasteiger partial charge in [0.2, 0.25) is 0 Å². The summed E-state index contributed by atoms with van der Waals surface area (Å²) in [6.45, 7) is 5.12. The van der Waals surface area contributed by atoms with Crippen molar-refractivity contribution in [3.8, 4) is 0 Å². The minimum absolute atomic E-state index is 0. The van der Waals surface area contributed by atoms with E-state index in [2.05, 4.69) is 54.0 Å². The van der Waals surface area contributed by atoms with Gasteiger partial charge < -0.3 is 0 Å². The number of rotatable bonds is 12. The van der Waals surface area contributed by atoms with Crippen LogP contribution in [0.5, 0.6) is 0 Å². The quantitative estimate of drug-likeness (QED) is 0.123. The molecule has 0 aromatic carbocycles. The van der Waals surface area contributed by atoms with Crippen LogP contribution in [0, 0.1) is 20.5 Å². The molecule has 17 heteroatoms. The number of hydrogen-bond donors (Lipinski definition) is 0. The third-order valence-electron chi connectivity index (χ3n) is 5.40. The van der Waals surface area contributed by atoms with E-state index in [0.717, 1.165) is 68.5 Å². The fraction of sp³-hybridized carbons (Fsp3) is 0.259. The van der Waals surface area contributed by atoms with Gasteiger partial charge in [-0.2, -0.15) is 0 Å². The maximum atomic E-state index is 8.49. The Kier molecular flexibility index (Phi) is 19.0. The molecule has 240 valence electrons. The Morgan fingerprint density at radius 1 is 0.432 bits per heavy atom. The summed E-state index contributed by atoms with van der Waals surface area (Å²) in [5.41, 5.74) is 4.30. The first kappa shape index (κ1) is 39.5. The van der Waals surface area contributed by atoms with Gasteiger partial charge in [0, 0.05) is 64.1 Å². The van der Waals surface area contributed by atoms with Crippen LogP contribution in [0.25, 0.3) is 0 Å². The van der Waals surface area contributed by atoms with E-state index in [9.17, 15) is 0 Å². The van der Waals surface area contributed by atoms with Crippen molar-refractivity contribution in [1.29, 1.82) is 0 Å². The zero-order valence-electron chi connectivity index (χ0n) is 23.2. The predicted molar refractivity (Wildman–Crippen MR) is 130 cm³/mol. The van der Waals surface area contributed by atoms with E-state index in [1.54, 1.807) is 0 Å². The summed E-state index contributed by atoms with van der Waals surface area (Å²) in [6.07, 6.45) is 8.45. The normalized spacial score (nSPS) is 11.1. The van der Waals surface area contributed by atoms with Crippen LogP contribution in [0.4, 0.5) is 0 Å². The second-order valence-corrected chi connectivity index (χ2v) is 10.3. The van der Waals surface area contributed by atoms with Gasteiger partial charge in [0.15, 0.2) is 0 Å². The second-order valence-electron chi connectivity index (χ2n) is 8.82. The van der Waals surface area contributed by atoms with Crippen molar-refractivity contribution in [3.05, 3.63) is 120 Å². The van der Waals surface area contributed by atoms with Gasteiger partial charge in [-0.05, 0) is 55.0 Å². The molecule has 4 heterocycles. The summed E-state index contributed by atoms with van der Waals surface area (Å²) >= 11 is 0. The molecule has 0 bridgehead atoms. The van der Waals surface area contributed by atoms with E-state index >= 15 is 0 Å². The summed E-state index contributed by atoms with van der Waals surface area (Å²) < 4.78 is 67.9. The summed E-state index contributed by atoms with van der Waals surface area (Å²) in [7, 11) is -9.89. The SMILES string of the molecule is [O-][Cl+3]([O-])([O-])[O-].[O-][Cl+3]([O-])([O-])[O-].[Pd+2].c1ccc(CN(CCCN(Cc2ccccn2)Cc2ccccn2)Cc2ccccn2)nc1. The van der Waals surface area contributed by atoms with Crippen molar-refractivity contribution in [2.45, 2.75) is 32.6 Å². The van der Waals surface area contributed by atoms with Gasteiger partial charge in [0.25, 0.3) is 0 Å². The number of pyridine rings is 4. The van der Waals surface area contributed by atoms with E-state index in [0.29, 0.717) is 0 Å². The van der Waals surface area contributed by atoms with E-state index in [1.807, 2.05) is 73.3 Å². The standard InChI is InChI=1S/C27H30N6.2ClHO4.Pd/c1-5-14-28-24(10-1)20-32(21-25-11-2-6-15-29-25)18-9-19-33(22-26-12-3-7-16-30-26)23-27-13-4-8-17-31-27;2*2-1(3,4)5;/h1-8,10-17H,9,18-23H2;2*(H,2,3,4,5);/q;;;+2/p-2. The molecule has 0 saturated heterocycles. The fourth-order valence-corrected chi connectivity index (χ4v) is 3.83. The van der Waals surface area contributed by atoms with Gasteiger partial charge in [-0.25, -0.2) is 37.3 Å². The van der Waals surface area contributed by atoms with Gasteiger partial charge in [-0.3, -0.25) is 29.7 Å². The molecule has 0 atom stereocenters. The summed E-state index contributed by atoms with van der Waals surface area (Å²) in [5, 5.41) is 0. The molecule has 4 rings (SSSR count). The molecule has 0 saturated carbocycles. The minimum atomic E-state index is -4.94. The average Bonchev–Trinajstić information content (AvgIpc) is 2.93. The molecule has 0 fully saturated rings. The van der Waals surface area contributed by atoms with Gasteiger partial charge in [-0.15, -0.1) is 20.5 Å². The van der Waals surface area contributed by atoms with Crippen molar-refractivity contribution < 1.29 is 78.2 Å². The summed E-state index contributed by atoms with van der Waals surface area (Å²) in [6, 6.07) is 24.3. The maximum Gasteiger partial charge on any atom is 2.00 e. The first-order chi connectivity index (χ1) is 20.3. The van der Waals surface area contributed by atoms with Crippen LogP contribution >= 0.6 is 0 Å². The van der Waals surface area contributed by atoms with E-state index in [1.165, 1.54) is 0 Å². The Labute approximate surface area is 273 Å². The van der Waals surface area contributed by atoms with Gasteiger partial charge in [-0.1, -0.05) is 24.3 Å². The molecule has 0 aliphatic heterocycles. The van der Waals surface area contributed by atoms with E-state index < -0.39 is 20.5 Å². The van der Waals surface area contributed by atoms with Crippen molar-refractivity contribution >= 4 is 0 Å². The predicted octanol–water partition coefficient (Wildman–Crippen LogP) is -5.15. The molecular formula is C27H30Cl2N6O8Pd. The number of aromatic nitrogens is 4. The molecule has 0 aliphatic rings. The van der Waals surface area contributed by atoms with Crippen LogP contribution in [0.3, 0.4) is 0 Å². The summed E-state index contributed by atoms with van der Waals surface area (Å²) in [5.74, 6) is 0. The molecule has 4 aromatic heterocycles. The van der Waals surface area contributed by atoms with Crippen LogP contribution < -0.4 is 37.3 Å². The van der Waals surface area contributed by atoms with Crippen molar-refractivity contribution in [2.24, 2.45) is 0 Å². The number of halogens is 2. The van der Waals surface area contributed by atoms with Crippen molar-refractivity contribution in [3.63, 3.8) is 0 Å². The molecule has 44 heavy (non-hydrogen) atoms. The van der Waals surface area contributed by atoms with Gasteiger partial charge >= 0.3 is 20.4 Å². The molecule has 14 nitrogen and oxygen atoms in total. The molecule has 0 unspecified atom stereocenters. The molecule has 4 aromatic rings. The smallest absolute Gasteiger partial charge is 0.292 e. The Morgan fingerprint density at radius 2 is 0.659 bits per heavy atom. The first-order valence-electron chi connectivity index (χ1n) is 12.6. The van der Waals surface area contributed by atoms with Crippen LogP contribution in [0.1, 0.15) is 29.2 Å². The Bertz CT molecular complexity index is 1070. The van der Waals surface area contributed by atoms with Crippen LogP contribution in [0.15, 0.2) is 97.6 Å².